The van der Waals surface area contributed by atoms with Crippen LogP contribution in [-0.4, -0.2) is 29.3 Å². The molecule has 1 aliphatic rings. The van der Waals surface area contributed by atoms with Crippen molar-refractivity contribution in [3.8, 4) is 0 Å². The van der Waals surface area contributed by atoms with Gasteiger partial charge in [-0.15, -0.1) is 0 Å². The van der Waals surface area contributed by atoms with Gasteiger partial charge in [-0.3, -0.25) is 9.59 Å². The Hall–Kier alpha value is -1.84. The summed E-state index contributed by atoms with van der Waals surface area (Å²) < 4.78 is 0. The Bertz CT molecular complexity index is 496. The molecule has 4 heteroatoms. The molecule has 1 N–H and O–H groups in total. The normalized spacial score (nSPS) is 18.1. The van der Waals surface area contributed by atoms with Crippen molar-refractivity contribution in [1.82, 2.24) is 10.2 Å². The smallest absolute Gasteiger partial charge is 0.242 e. The van der Waals surface area contributed by atoms with Gasteiger partial charge in [0.25, 0.3) is 0 Å². The molecule has 1 aliphatic heterocycles. The summed E-state index contributed by atoms with van der Waals surface area (Å²) in [6.07, 6.45) is 3.13. The van der Waals surface area contributed by atoms with Crippen LogP contribution < -0.4 is 5.32 Å². The van der Waals surface area contributed by atoms with E-state index in [-0.39, 0.29) is 17.9 Å². The number of unbranched alkanes of at least 4 members (excludes halogenated alkanes) is 1. The number of hydrogen-bond donors (Lipinski definition) is 1. The second-order valence-corrected chi connectivity index (χ2v) is 5.71. The average Bonchev–Trinajstić information content (AvgIpc) is 2.83. The van der Waals surface area contributed by atoms with E-state index in [2.05, 4.69) is 12.2 Å². The fourth-order valence-electron chi connectivity index (χ4n) is 2.60. The maximum Gasteiger partial charge on any atom is 0.242 e. The lowest BCUT2D eigenvalue weighted by atomic mass is 10.1. The summed E-state index contributed by atoms with van der Waals surface area (Å²) in [5.74, 6) is 0.0626. The number of nitrogens with one attached hydrogen (secondary N) is 1. The van der Waals surface area contributed by atoms with Crippen LogP contribution in [0.4, 0.5) is 0 Å². The Kier molecular flexibility index (Phi) is 5.37. The average molecular weight is 288 g/mol. The molecule has 21 heavy (non-hydrogen) atoms. The molecule has 0 spiro atoms. The number of carbonyl (C=O) groups is 2. The van der Waals surface area contributed by atoms with Crippen LogP contribution in [-0.2, 0) is 16.1 Å². The number of likely N-dealkylation sites (tertiary alicyclic amines) is 1. The van der Waals surface area contributed by atoms with E-state index in [0.29, 0.717) is 25.9 Å². The van der Waals surface area contributed by atoms with Gasteiger partial charge in [0.1, 0.15) is 6.04 Å². The predicted octanol–water partition coefficient (Wildman–Crippen LogP) is 2.40. The van der Waals surface area contributed by atoms with Crippen LogP contribution in [0.1, 0.15) is 43.7 Å². The third-order valence-corrected chi connectivity index (χ3v) is 3.93. The summed E-state index contributed by atoms with van der Waals surface area (Å²) in [5, 5.41) is 2.94. The number of carbonyl (C=O) groups excluding carboxylic acids is 2. The fourth-order valence-corrected chi connectivity index (χ4v) is 2.60. The summed E-state index contributed by atoms with van der Waals surface area (Å²) in [4.78, 5) is 26.0. The van der Waals surface area contributed by atoms with E-state index >= 15 is 0 Å². The van der Waals surface area contributed by atoms with Gasteiger partial charge in [-0.1, -0.05) is 43.2 Å². The molecule has 0 radical (unpaired) electrons. The minimum absolute atomic E-state index is 0.0126. The van der Waals surface area contributed by atoms with Gasteiger partial charge >= 0.3 is 0 Å². The van der Waals surface area contributed by atoms with Gasteiger partial charge in [-0.2, -0.15) is 0 Å². The van der Waals surface area contributed by atoms with E-state index in [1.807, 2.05) is 31.2 Å². The molecule has 114 valence electrons. The van der Waals surface area contributed by atoms with E-state index in [1.165, 1.54) is 5.56 Å². The standard InChI is InChI=1S/C17H24N2O2/c1-3-4-11-18-17(21)15-9-10-16(20)19(15)12-14-7-5-13(2)6-8-14/h5-8,15H,3-4,9-12H2,1-2H3,(H,18,21). The fraction of sp³-hybridized carbons (Fsp3) is 0.529. The molecule has 2 amide bonds. The third-order valence-electron chi connectivity index (χ3n) is 3.93. The predicted molar refractivity (Wildman–Crippen MR) is 82.7 cm³/mol. The molecule has 1 heterocycles. The molecule has 4 nitrogen and oxygen atoms in total. The quantitative estimate of drug-likeness (QED) is 0.817. The van der Waals surface area contributed by atoms with Crippen molar-refractivity contribution in [2.75, 3.05) is 6.54 Å². The molecule has 0 saturated carbocycles. The first-order valence-corrected chi connectivity index (χ1v) is 7.74. The highest BCUT2D eigenvalue weighted by Gasteiger charge is 2.35. The van der Waals surface area contributed by atoms with Crippen molar-refractivity contribution in [1.29, 1.82) is 0 Å². The van der Waals surface area contributed by atoms with Crippen LogP contribution in [0.5, 0.6) is 0 Å². The largest absolute Gasteiger partial charge is 0.354 e. The lowest BCUT2D eigenvalue weighted by Crippen LogP contribution is -2.44. The number of rotatable bonds is 6. The first-order valence-electron chi connectivity index (χ1n) is 7.74. The van der Waals surface area contributed by atoms with Crippen molar-refractivity contribution in [2.45, 2.75) is 52.1 Å². The highest BCUT2D eigenvalue weighted by Crippen LogP contribution is 2.21. The molecular weight excluding hydrogens is 264 g/mol. The Labute approximate surface area is 126 Å². The minimum atomic E-state index is -0.310. The molecule has 0 aromatic heterocycles. The lowest BCUT2D eigenvalue weighted by molar-refractivity contribution is -0.135. The van der Waals surface area contributed by atoms with Gasteiger partial charge < -0.3 is 10.2 Å². The Morgan fingerprint density at radius 2 is 2.05 bits per heavy atom. The van der Waals surface area contributed by atoms with Crippen LogP contribution >= 0.6 is 0 Å². The van der Waals surface area contributed by atoms with Crippen molar-refractivity contribution in [2.24, 2.45) is 0 Å². The molecule has 0 bridgehead atoms. The Balaban J connectivity index is 1.99. The van der Waals surface area contributed by atoms with Gasteiger partial charge in [0.2, 0.25) is 11.8 Å². The zero-order valence-electron chi connectivity index (χ0n) is 12.9. The summed E-state index contributed by atoms with van der Waals surface area (Å²) >= 11 is 0. The molecule has 2 rings (SSSR count). The number of nitrogens with zero attached hydrogens (tertiary/aromatic N) is 1. The van der Waals surface area contributed by atoms with E-state index in [4.69, 9.17) is 0 Å². The molecule has 1 aromatic carbocycles. The van der Waals surface area contributed by atoms with Crippen molar-refractivity contribution < 1.29 is 9.59 Å². The Morgan fingerprint density at radius 3 is 2.71 bits per heavy atom. The molecule has 1 saturated heterocycles. The van der Waals surface area contributed by atoms with Gasteiger partial charge in [0, 0.05) is 19.5 Å². The van der Waals surface area contributed by atoms with Crippen LogP contribution in [0.2, 0.25) is 0 Å². The summed E-state index contributed by atoms with van der Waals surface area (Å²) in [7, 11) is 0. The third kappa shape index (κ3) is 4.06. The summed E-state index contributed by atoms with van der Waals surface area (Å²) in [5.41, 5.74) is 2.27. The Morgan fingerprint density at radius 1 is 1.33 bits per heavy atom. The van der Waals surface area contributed by atoms with Gasteiger partial charge in [0.15, 0.2) is 0 Å². The lowest BCUT2D eigenvalue weighted by Gasteiger charge is -2.24. The van der Waals surface area contributed by atoms with Crippen molar-refractivity contribution >= 4 is 11.8 Å². The monoisotopic (exact) mass is 288 g/mol. The SMILES string of the molecule is CCCCNC(=O)C1CCC(=O)N1Cc1ccc(C)cc1. The molecule has 1 fully saturated rings. The molecule has 1 unspecified atom stereocenters. The molecule has 0 aliphatic carbocycles. The van der Waals surface area contributed by atoms with Gasteiger partial charge in [-0.05, 0) is 25.3 Å². The number of benzene rings is 1. The minimum Gasteiger partial charge on any atom is -0.354 e. The topological polar surface area (TPSA) is 49.4 Å². The van der Waals surface area contributed by atoms with Crippen molar-refractivity contribution in [3.05, 3.63) is 35.4 Å². The van der Waals surface area contributed by atoms with E-state index in [9.17, 15) is 9.59 Å². The molecule has 1 aromatic rings. The second kappa shape index (κ2) is 7.25. The van der Waals surface area contributed by atoms with Crippen LogP contribution in [0.25, 0.3) is 0 Å². The second-order valence-electron chi connectivity index (χ2n) is 5.71. The van der Waals surface area contributed by atoms with E-state index in [1.54, 1.807) is 4.90 Å². The van der Waals surface area contributed by atoms with Crippen LogP contribution in [0.15, 0.2) is 24.3 Å². The first-order chi connectivity index (χ1) is 10.1. The molecule has 1 atom stereocenters. The maximum absolute atomic E-state index is 12.2. The zero-order valence-corrected chi connectivity index (χ0v) is 12.9. The number of aryl methyl sites for hydroxylation is 1. The van der Waals surface area contributed by atoms with Crippen LogP contribution in [0, 0.1) is 6.92 Å². The van der Waals surface area contributed by atoms with Crippen LogP contribution in [0.3, 0.4) is 0 Å². The van der Waals surface area contributed by atoms with E-state index < -0.39 is 0 Å². The summed E-state index contributed by atoms with van der Waals surface area (Å²) in [6, 6.07) is 7.80. The zero-order chi connectivity index (χ0) is 15.2. The maximum atomic E-state index is 12.2. The van der Waals surface area contributed by atoms with E-state index in [0.717, 1.165) is 18.4 Å². The summed E-state index contributed by atoms with van der Waals surface area (Å²) in [6.45, 7) is 5.34. The highest BCUT2D eigenvalue weighted by molar-refractivity contribution is 5.90. The first kappa shape index (κ1) is 15.5. The molecular formula is C17H24N2O2. The number of amides is 2. The highest BCUT2D eigenvalue weighted by atomic mass is 16.2. The van der Waals surface area contributed by atoms with Gasteiger partial charge in [-0.25, -0.2) is 0 Å². The van der Waals surface area contributed by atoms with Crippen molar-refractivity contribution in [3.63, 3.8) is 0 Å². The number of hydrogen-bond acceptors (Lipinski definition) is 2. The van der Waals surface area contributed by atoms with Gasteiger partial charge in [0.05, 0.1) is 0 Å².